The zero-order valence-electron chi connectivity index (χ0n) is 35.0. The fraction of sp³-hybridized carbons (Fsp3) is 0.0333. The smallest absolute Gasteiger partial charge is 0.0979 e. The van der Waals surface area contributed by atoms with Crippen molar-refractivity contribution in [2.75, 3.05) is 0 Å². The highest BCUT2D eigenvalue weighted by Crippen LogP contribution is 2.35. The fourth-order valence-corrected chi connectivity index (χ4v) is 9.23. The molecule has 0 aliphatic carbocycles. The maximum atomic E-state index is 5.26. The van der Waals surface area contributed by atoms with E-state index in [4.69, 9.17) is 9.97 Å². The number of aromatic nitrogens is 3. The molecule has 11 rings (SSSR count). The van der Waals surface area contributed by atoms with Crippen LogP contribution in [0, 0.1) is 0 Å². The number of rotatable bonds is 8. The first-order chi connectivity index (χ1) is 31.2. The number of allylic oxidation sites excluding steroid dienone is 2. The zero-order valence-corrected chi connectivity index (χ0v) is 35.0. The molecule has 63 heavy (non-hydrogen) atoms. The third kappa shape index (κ3) is 7.10. The first-order valence-corrected chi connectivity index (χ1v) is 21.6. The summed E-state index contributed by atoms with van der Waals surface area (Å²) >= 11 is 0. The zero-order chi connectivity index (χ0) is 42.1. The average Bonchev–Trinajstić information content (AvgIpc) is 3.68. The first-order valence-electron chi connectivity index (χ1n) is 21.6. The standard InChI is InChI=1S/C60H43N3/c1-2-50-53-31-11-13-35-58(53)63(49-27-4-3-5-28-49)57(50)34-12-6-18-41-19-14-20-42(36-41)43-21-15-22-44(37-43)45-23-16-24-46(38-45)47-25-17-26-48(39-47)56-40-61-59-54-32-9-7-29-51(54)52-30-8-10-33-55(52)60(59)62-56/h2-17,19-40H,18H2,1H3/b12-6-,50-2-,57-34+. The van der Waals surface area contributed by atoms with Crippen molar-refractivity contribution in [3.63, 3.8) is 0 Å². The molecular weight excluding hydrogens is 763 g/mol. The SMILES string of the molecule is C\C=c1/c(=C\C=C/Cc2cccc(-c3cccc(-c4cccc(-c5cccc(-c6cnc7c8ccccc8c8ccccc8c7n6)c5)c4)c3)c2)n(-c2ccccc2)c2ccccc12. The van der Waals surface area contributed by atoms with Crippen molar-refractivity contribution in [1.29, 1.82) is 0 Å². The van der Waals surface area contributed by atoms with Gasteiger partial charge >= 0.3 is 0 Å². The van der Waals surface area contributed by atoms with E-state index in [1.54, 1.807) is 0 Å². The van der Waals surface area contributed by atoms with Crippen LogP contribution in [-0.2, 0) is 6.42 Å². The van der Waals surface area contributed by atoms with E-state index >= 15 is 0 Å². The number of para-hydroxylation sites is 2. The summed E-state index contributed by atoms with van der Waals surface area (Å²) in [5, 5.41) is 8.33. The van der Waals surface area contributed by atoms with E-state index in [2.05, 4.69) is 236 Å². The van der Waals surface area contributed by atoms with Gasteiger partial charge in [-0.25, -0.2) is 4.98 Å². The first kappa shape index (κ1) is 37.8. The second kappa shape index (κ2) is 16.4. The van der Waals surface area contributed by atoms with Crippen LogP contribution in [0.1, 0.15) is 12.5 Å². The normalized spacial score (nSPS) is 12.4. The Balaban J connectivity index is 0.863. The van der Waals surface area contributed by atoms with E-state index < -0.39 is 0 Å². The van der Waals surface area contributed by atoms with Crippen LogP contribution < -0.4 is 10.6 Å². The molecule has 298 valence electrons. The van der Waals surface area contributed by atoms with E-state index in [0.717, 1.165) is 56.3 Å². The van der Waals surface area contributed by atoms with Crippen molar-refractivity contribution < 1.29 is 0 Å². The Kier molecular flexibility index (Phi) is 9.83. The summed E-state index contributed by atoms with van der Waals surface area (Å²) < 4.78 is 2.36. The van der Waals surface area contributed by atoms with E-state index in [9.17, 15) is 0 Å². The average molecular weight is 806 g/mol. The lowest BCUT2D eigenvalue weighted by Crippen LogP contribution is -2.27. The molecule has 0 amide bonds. The van der Waals surface area contributed by atoms with E-state index in [-0.39, 0.29) is 0 Å². The van der Waals surface area contributed by atoms with Gasteiger partial charge < -0.3 is 4.57 Å². The molecule has 11 aromatic rings. The predicted octanol–water partition coefficient (Wildman–Crippen LogP) is 13.9. The van der Waals surface area contributed by atoms with Crippen LogP contribution in [-0.4, -0.2) is 14.5 Å². The number of hydrogen-bond acceptors (Lipinski definition) is 2. The van der Waals surface area contributed by atoms with Gasteiger partial charge in [0, 0.05) is 32.6 Å². The Labute approximate surface area is 366 Å². The Bertz CT molecular complexity index is 3630. The number of fused-ring (bicyclic) bond motifs is 7. The summed E-state index contributed by atoms with van der Waals surface area (Å²) in [7, 11) is 0. The maximum Gasteiger partial charge on any atom is 0.0979 e. The summed E-state index contributed by atoms with van der Waals surface area (Å²) in [5.41, 5.74) is 14.5. The van der Waals surface area contributed by atoms with Crippen molar-refractivity contribution in [1.82, 2.24) is 14.5 Å². The van der Waals surface area contributed by atoms with Crippen molar-refractivity contribution in [3.8, 4) is 50.3 Å². The molecule has 2 aromatic heterocycles. The monoisotopic (exact) mass is 805 g/mol. The predicted molar refractivity (Wildman–Crippen MR) is 266 cm³/mol. The quantitative estimate of drug-likeness (QED) is 0.143. The topological polar surface area (TPSA) is 30.7 Å². The third-order valence-corrected chi connectivity index (χ3v) is 12.2. The van der Waals surface area contributed by atoms with Crippen molar-refractivity contribution in [3.05, 3.63) is 235 Å². The van der Waals surface area contributed by atoms with Gasteiger partial charge in [0.05, 0.1) is 33.8 Å². The highest BCUT2D eigenvalue weighted by atomic mass is 15.0. The molecule has 0 atom stereocenters. The Morgan fingerprint density at radius 2 is 0.968 bits per heavy atom. The highest BCUT2D eigenvalue weighted by Gasteiger charge is 2.13. The van der Waals surface area contributed by atoms with E-state index in [1.165, 1.54) is 60.1 Å². The van der Waals surface area contributed by atoms with Crippen LogP contribution in [0.2, 0.25) is 0 Å². The van der Waals surface area contributed by atoms with Crippen LogP contribution in [0.3, 0.4) is 0 Å². The second-order valence-electron chi connectivity index (χ2n) is 16.1. The van der Waals surface area contributed by atoms with Gasteiger partial charge in [-0.3, -0.25) is 4.98 Å². The molecule has 0 aliphatic heterocycles. The van der Waals surface area contributed by atoms with Crippen molar-refractivity contribution >= 4 is 55.6 Å². The lowest BCUT2D eigenvalue weighted by atomic mass is 9.95. The van der Waals surface area contributed by atoms with Crippen molar-refractivity contribution in [2.24, 2.45) is 0 Å². The summed E-state index contributed by atoms with van der Waals surface area (Å²) in [5.74, 6) is 0. The molecule has 0 saturated carbocycles. The van der Waals surface area contributed by atoms with E-state index in [1.807, 2.05) is 6.20 Å². The molecule has 0 radical (unpaired) electrons. The lowest BCUT2D eigenvalue weighted by Gasteiger charge is -2.11. The lowest BCUT2D eigenvalue weighted by molar-refractivity contribution is 1.07. The van der Waals surface area contributed by atoms with Gasteiger partial charge in [0.15, 0.2) is 0 Å². The van der Waals surface area contributed by atoms with Gasteiger partial charge in [-0.1, -0.05) is 182 Å². The number of nitrogens with zero attached hydrogens (tertiary/aromatic N) is 3. The van der Waals surface area contributed by atoms with Gasteiger partial charge in [0.25, 0.3) is 0 Å². The van der Waals surface area contributed by atoms with E-state index in [0.29, 0.717) is 0 Å². The Morgan fingerprint density at radius 3 is 1.60 bits per heavy atom. The minimum absolute atomic E-state index is 0.833. The molecule has 0 aliphatic rings. The van der Waals surface area contributed by atoms with Gasteiger partial charge in [0.2, 0.25) is 0 Å². The summed E-state index contributed by atoms with van der Waals surface area (Å²) in [6.45, 7) is 2.12. The van der Waals surface area contributed by atoms with Crippen LogP contribution >= 0.6 is 0 Å². The van der Waals surface area contributed by atoms with Gasteiger partial charge in [-0.05, 0) is 106 Å². The minimum Gasteiger partial charge on any atom is -0.309 e. The maximum absolute atomic E-state index is 5.26. The molecule has 0 unspecified atom stereocenters. The van der Waals surface area contributed by atoms with Crippen LogP contribution in [0.4, 0.5) is 0 Å². The number of benzene rings is 9. The summed E-state index contributed by atoms with van der Waals surface area (Å²) in [6, 6.07) is 71.6. The fourth-order valence-electron chi connectivity index (χ4n) is 9.23. The molecular formula is C60H43N3. The molecule has 0 spiro atoms. The van der Waals surface area contributed by atoms with Crippen molar-refractivity contribution in [2.45, 2.75) is 13.3 Å². The molecule has 9 aromatic carbocycles. The molecule has 0 saturated heterocycles. The summed E-state index contributed by atoms with van der Waals surface area (Å²) in [6.07, 6.45) is 11.7. The van der Waals surface area contributed by atoms with Crippen LogP contribution in [0.5, 0.6) is 0 Å². The van der Waals surface area contributed by atoms with Gasteiger partial charge in [-0.2, -0.15) is 0 Å². The highest BCUT2D eigenvalue weighted by molar-refractivity contribution is 6.23. The molecule has 0 fully saturated rings. The molecule has 3 nitrogen and oxygen atoms in total. The third-order valence-electron chi connectivity index (χ3n) is 12.2. The minimum atomic E-state index is 0.833. The Hall–Kier alpha value is -8.14. The number of hydrogen-bond donors (Lipinski definition) is 0. The summed E-state index contributed by atoms with van der Waals surface area (Å²) in [4.78, 5) is 10.3. The van der Waals surface area contributed by atoms with Gasteiger partial charge in [0.1, 0.15) is 0 Å². The second-order valence-corrected chi connectivity index (χ2v) is 16.1. The molecule has 3 heteroatoms. The largest absolute Gasteiger partial charge is 0.309 e. The molecule has 0 N–H and O–H groups in total. The Morgan fingerprint density at radius 1 is 0.460 bits per heavy atom. The molecule has 2 heterocycles. The van der Waals surface area contributed by atoms with Crippen LogP contribution in [0.15, 0.2) is 219 Å². The van der Waals surface area contributed by atoms with Gasteiger partial charge in [-0.15, -0.1) is 0 Å². The molecule has 0 bridgehead atoms. The van der Waals surface area contributed by atoms with Crippen LogP contribution in [0.25, 0.3) is 106 Å².